The van der Waals surface area contributed by atoms with E-state index in [0.717, 1.165) is 36.8 Å². The molecular formula is C18H29N3O4S. The van der Waals surface area contributed by atoms with Crippen LogP contribution in [-0.4, -0.2) is 78.1 Å². The Morgan fingerprint density at radius 2 is 2.12 bits per heavy atom. The van der Waals surface area contributed by atoms with Crippen LogP contribution in [0.2, 0.25) is 0 Å². The number of anilines is 1. The van der Waals surface area contributed by atoms with Crippen molar-refractivity contribution in [2.24, 2.45) is 5.41 Å². The molecule has 2 aliphatic heterocycles. The number of nitrogens with zero attached hydrogens (tertiary/aromatic N) is 3. The fourth-order valence-corrected chi connectivity index (χ4v) is 4.96. The minimum Gasteiger partial charge on any atom is -0.396 e. The second-order valence-corrected chi connectivity index (χ2v) is 8.28. The van der Waals surface area contributed by atoms with Gasteiger partial charge >= 0.3 is 0 Å². The summed E-state index contributed by atoms with van der Waals surface area (Å²) in [4.78, 5) is 22.1. The summed E-state index contributed by atoms with van der Waals surface area (Å²) in [6.07, 6.45) is 1.60. The maximum atomic E-state index is 13.0. The number of rotatable bonds is 5. The first-order chi connectivity index (χ1) is 12.5. The molecule has 0 radical (unpaired) electrons. The zero-order chi connectivity index (χ0) is 18.7. The molecule has 1 aromatic heterocycles. The molecule has 0 unspecified atom stereocenters. The Bertz CT molecular complexity index is 632. The molecule has 0 aliphatic carbocycles. The van der Waals surface area contributed by atoms with Crippen LogP contribution < -0.4 is 4.90 Å². The van der Waals surface area contributed by atoms with E-state index in [1.165, 1.54) is 11.3 Å². The molecule has 146 valence electrons. The quantitative estimate of drug-likeness (QED) is 0.797. The molecule has 0 bridgehead atoms. The first kappa shape index (κ1) is 19.5. The highest BCUT2D eigenvalue weighted by Gasteiger charge is 2.42. The van der Waals surface area contributed by atoms with Crippen molar-refractivity contribution in [3.63, 3.8) is 0 Å². The van der Waals surface area contributed by atoms with Gasteiger partial charge in [0.25, 0.3) is 5.91 Å². The summed E-state index contributed by atoms with van der Waals surface area (Å²) < 4.78 is 5.37. The molecule has 0 aromatic carbocycles. The van der Waals surface area contributed by atoms with Crippen LogP contribution in [0.4, 0.5) is 5.13 Å². The summed E-state index contributed by atoms with van der Waals surface area (Å²) >= 11 is 1.42. The van der Waals surface area contributed by atoms with Crippen LogP contribution in [0.3, 0.4) is 0 Å². The second-order valence-electron chi connectivity index (χ2n) is 7.30. The van der Waals surface area contributed by atoms with Crippen molar-refractivity contribution in [2.45, 2.75) is 39.2 Å². The van der Waals surface area contributed by atoms with Crippen molar-refractivity contribution >= 4 is 22.4 Å². The Morgan fingerprint density at radius 3 is 2.73 bits per heavy atom. The van der Waals surface area contributed by atoms with Crippen molar-refractivity contribution in [2.75, 3.05) is 50.9 Å². The smallest absolute Gasteiger partial charge is 0.266 e. The summed E-state index contributed by atoms with van der Waals surface area (Å²) in [7, 11) is 0. The number of β-amino-alcohol motifs (C(OH)–C–C–N with tert-alkyl or cyclic N) is 1. The number of hydrogen-bond donors (Lipinski definition) is 2. The van der Waals surface area contributed by atoms with Crippen LogP contribution in [0.1, 0.15) is 41.6 Å². The zero-order valence-electron chi connectivity index (χ0n) is 15.6. The maximum absolute atomic E-state index is 13.0. The molecule has 2 saturated heterocycles. The van der Waals surface area contributed by atoms with Crippen molar-refractivity contribution in [1.82, 2.24) is 9.88 Å². The van der Waals surface area contributed by atoms with Gasteiger partial charge in [-0.15, -0.1) is 0 Å². The molecule has 2 aliphatic rings. The highest BCUT2D eigenvalue weighted by Crippen LogP contribution is 2.37. The van der Waals surface area contributed by atoms with Gasteiger partial charge < -0.3 is 24.7 Å². The minimum atomic E-state index is -0.697. The summed E-state index contributed by atoms with van der Waals surface area (Å²) in [5.74, 6) is -0.0680. The Kier molecular flexibility index (Phi) is 6.17. The van der Waals surface area contributed by atoms with Crippen LogP contribution >= 0.6 is 11.3 Å². The molecule has 3 rings (SSSR count). The number of aliphatic hydroxyl groups excluding tert-OH is 2. The lowest BCUT2D eigenvalue weighted by molar-refractivity contribution is -0.0712. The van der Waals surface area contributed by atoms with Gasteiger partial charge in [0.1, 0.15) is 4.88 Å². The average molecular weight is 384 g/mol. The monoisotopic (exact) mass is 383 g/mol. The highest BCUT2D eigenvalue weighted by molar-refractivity contribution is 7.17. The van der Waals surface area contributed by atoms with Crippen molar-refractivity contribution in [3.8, 4) is 0 Å². The molecule has 3 heterocycles. The molecule has 1 amide bonds. The SMILES string of the molecule is CCC[C@]1(CO)CCN(C(=O)c2sc(N3CCOCC3)nc2C)C[C@H]1O. The molecule has 0 spiro atoms. The van der Waals surface area contributed by atoms with E-state index >= 15 is 0 Å². The molecule has 2 atom stereocenters. The van der Waals surface area contributed by atoms with Gasteiger partial charge in [0.15, 0.2) is 5.13 Å². The summed E-state index contributed by atoms with van der Waals surface area (Å²) in [6.45, 7) is 7.65. The summed E-state index contributed by atoms with van der Waals surface area (Å²) in [5, 5.41) is 21.3. The molecule has 2 fully saturated rings. The normalized spacial score (nSPS) is 27.0. The van der Waals surface area contributed by atoms with Gasteiger partial charge in [-0.3, -0.25) is 4.79 Å². The number of likely N-dealkylation sites (tertiary alicyclic amines) is 1. The van der Waals surface area contributed by atoms with E-state index in [1.807, 2.05) is 6.92 Å². The summed E-state index contributed by atoms with van der Waals surface area (Å²) in [5.41, 5.74) is 0.260. The number of amides is 1. The molecule has 26 heavy (non-hydrogen) atoms. The number of aliphatic hydroxyl groups is 2. The van der Waals surface area contributed by atoms with Crippen LogP contribution in [0.25, 0.3) is 0 Å². The molecule has 8 heteroatoms. The average Bonchev–Trinajstić information content (AvgIpc) is 3.05. The Morgan fingerprint density at radius 1 is 1.38 bits per heavy atom. The van der Waals surface area contributed by atoms with Crippen molar-refractivity contribution < 1.29 is 19.7 Å². The Hall–Kier alpha value is -1.22. The first-order valence-corrected chi connectivity index (χ1v) is 10.2. The number of piperidine rings is 1. The molecular weight excluding hydrogens is 354 g/mol. The van der Waals surface area contributed by atoms with Crippen LogP contribution in [-0.2, 0) is 4.74 Å². The predicted octanol–water partition coefficient (Wildman–Crippen LogP) is 1.27. The molecule has 7 nitrogen and oxygen atoms in total. The largest absolute Gasteiger partial charge is 0.396 e. The number of thiazole rings is 1. The second kappa shape index (κ2) is 8.21. The van der Waals surface area contributed by atoms with E-state index in [1.54, 1.807) is 4.90 Å². The fourth-order valence-electron chi connectivity index (χ4n) is 3.87. The number of carbonyl (C=O) groups excluding carboxylic acids is 1. The highest BCUT2D eigenvalue weighted by atomic mass is 32.1. The topological polar surface area (TPSA) is 86.1 Å². The zero-order valence-corrected chi connectivity index (χ0v) is 16.4. The number of ether oxygens (including phenoxy) is 1. The van der Waals surface area contributed by atoms with Gasteiger partial charge in [0.05, 0.1) is 31.6 Å². The van der Waals surface area contributed by atoms with Gasteiger partial charge in [0, 0.05) is 31.6 Å². The Balaban J connectivity index is 1.71. The van der Waals surface area contributed by atoms with Gasteiger partial charge in [-0.05, 0) is 19.8 Å². The Labute approximate surface area is 158 Å². The molecule has 1 aromatic rings. The van der Waals surface area contributed by atoms with E-state index in [4.69, 9.17) is 4.74 Å². The molecule has 0 saturated carbocycles. The number of aryl methyl sites for hydroxylation is 1. The van der Waals surface area contributed by atoms with E-state index in [2.05, 4.69) is 16.8 Å². The standard InChI is InChI=1S/C18H29N3O4S/c1-3-4-18(12-22)5-6-21(11-14(18)23)16(24)15-13(2)19-17(26-15)20-7-9-25-10-8-20/h14,22-23H,3-12H2,1-2H3/t14-,18-/m1/s1. The minimum absolute atomic E-state index is 0.0369. The van der Waals surface area contributed by atoms with E-state index in [-0.39, 0.29) is 19.1 Å². The third-order valence-electron chi connectivity index (χ3n) is 5.59. The number of morpholine rings is 1. The van der Waals surface area contributed by atoms with Crippen LogP contribution in [0.5, 0.6) is 0 Å². The van der Waals surface area contributed by atoms with Crippen LogP contribution in [0.15, 0.2) is 0 Å². The lowest BCUT2D eigenvalue weighted by Gasteiger charge is -2.44. The van der Waals surface area contributed by atoms with Crippen molar-refractivity contribution in [1.29, 1.82) is 0 Å². The third kappa shape index (κ3) is 3.74. The van der Waals surface area contributed by atoms with E-state index in [9.17, 15) is 15.0 Å². The van der Waals surface area contributed by atoms with Gasteiger partial charge in [-0.2, -0.15) is 0 Å². The lowest BCUT2D eigenvalue weighted by Crippen LogP contribution is -2.54. The summed E-state index contributed by atoms with van der Waals surface area (Å²) in [6, 6.07) is 0. The van der Waals surface area contributed by atoms with Gasteiger partial charge in [-0.1, -0.05) is 24.7 Å². The van der Waals surface area contributed by atoms with E-state index in [0.29, 0.717) is 31.1 Å². The van der Waals surface area contributed by atoms with Gasteiger partial charge in [-0.25, -0.2) is 4.98 Å². The third-order valence-corrected chi connectivity index (χ3v) is 6.80. The lowest BCUT2D eigenvalue weighted by atomic mass is 9.73. The number of carbonyl (C=O) groups is 1. The first-order valence-electron chi connectivity index (χ1n) is 9.39. The van der Waals surface area contributed by atoms with E-state index < -0.39 is 11.5 Å². The van der Waals surface area contributed by atoms with Crippen LogP contribution in [0, 0.1) is 12.3 Å². The van der Waals surface area contributed by atoms with Crippen molar-refractivity contribution in [3.05, 3.63) is 10.6 Å². The predicted molar refractivity (Wildman–Crippen MR) is 101 cm³/mol. The molecule has 2 N–H and O–H groups in total. The van der Waals surface area contributed by atoms with Gasteiger partial charge in [0.2, 0.25) is 0 Å². The number of hydrogen-bond acceptors (Lipinski definition) is 7. The number of aromatic nitrogens is 1. The maximum Gasteiger partial charge on any atom is 0.266 e. The fraction of sp³-hybridized carbons (Fsp3) is 0.778.